The van der Waals surface area contributed by atoms with Crippen molar-refractivity contribution in [3.8, 4) is 5.75 Å². The predicted octanol–water partition coefficient (Wildman–Crippen LogP) is 3.94. The molecular weight excluding hydrogens is 352 g/mol. The molecule has 1 atom stereocenters. The summed E-state index contributed by atoms with van der Waals surface area (Å²) < 4.78 is 5.76. The molecule has 2 aliphatic rings. The zero-order valence-corrected chi connectivity index (χ0v) is 17.5. The zero-order valence-electron chi connectivity index (χ0n) is 17.5. The lowest BCUT2D eigenvalue weighted by molar-refractivity contribution is -0.137. The Kier molecular flexibility index (Phi) is 6.42. The van der Waals surface area contributed by atoms with Crippen LogP contribution in [-0.2, 0) is 9.59 Å². The van der Waals surface area contributed by atoms with Crippen molar-refractivity contribution in [2.75, 3.05) is 26.2 Å². The third-order valence-electron chi connectivity index (χ3n) is 5.29. The monoisotopic (exact) mass is 384 g/mol. The van der Waals surface area contributed by atoms with Crippen LogP contribution in [0.5, 0.6) is 5.75 Å². The van der Waals surface area contributed by atoms with Crippen molar-refractivity contribution < 1.29 is 14.3 Å². The van der Waals surface area contributed by atoms with Crippen LogP contribution in [0.1, 0.15) is 52.5 Å². The van der Waals surface area contributed by atoms with Gasteiger partial charge in [-0.2, -0.15) is 0 Å². The van der Waals surface area contributed by atoms with E-state index >= 15 is 0 Å². The van der Waals surface area contributed by atoms with Crippen molar-refractivity contribution in [1.29, 1.82) is 0 Å². The van der Waals surface area contributed by atoms with Crippen LogP contribution >= 0.6 is 0 Å². The SMILES string of the molecule is CCCN1C(=O)C(c2ccc(OCC(C)C)cc2)=C(N2CCCC(C)C2)C1=O. The minimum absolute atomic E-state index is 0.143. The maximum Gasteiger partial charge on any atom is 0.277 e. The summed E-state index contributed by atoms with van der Waals surface area (Å²) in [5.74, 6) is 1.45. The quantitative estimate of drug-likeness (QED) is 0.668. The average Bonchev–Trinajstić information content (AvgIpc) is 2.92. The molecule has 0 aliphatic carbocycles. The highest BCUT2D eigenvalue weighted by molar-refractivity contribution is 6.35. The van der Waals surface area contributed by atoms with Crippen LogP contribution in [-0.4, -0.2) is 47.9 Å². The standard InChI is InChI=1S/C23H32N2O3/c1-5-12-25-22(26)20(18-8-10-19(11-9-18)28-15-16(2)3)21(23(25)27)24-13-6-7-17(4)14-24/h8-11,16-17H,5-7,12-15H2,1-4H3. The molecule has 1 unspecified atom stereocenters. The van der Waals surface area contributed by atoms with E-state index in [1.807, 2.05) is 31.2 Å². The fourth-order valence-corrected chi connectivity index (χ4v) is 3.92. The second kappa shape index (κ2) is 8.80. The Morgan fingerprint density at radius 1 is 1.14 bits per heavy atom. The number of likely N-dealkylation sites (tertiary alicyclic amines) is 1. The summed E-state index contributed by atoms with van der Waals surface area (Å²) in [6.45, 7) is 11.2. The van der Waals surface area contributed by atoms with Crippen molar-refractivity contribution in [2.24, 2.45) is 11.8 Å². The molecule has 2 amide bonds. The summed E-state index contributed by atoms with van der Waals surface area (Å²) in [5, 5.41) is 0. The number of piperidine rings is 1. The lowest BCUT2D eigenvalue weighted by Crippen LogP contribution is -2.39. The van der Waals surface area contributed by atoms with Crippen LogP contribution in [0.2, 0.25) is 0 Å². The minimum atomic E-state index is -0.170. The number of imide groups is 1. The van der Waals surface area contributed by atoms with Gasteiger partial charge in [0.05, 0.1) is 12.2 Å². The molecule has 0 radical (unpaired) electrons. The van der Waals surface area contributed by atoms with Gasteiger partial charge in [-0.3, -0.25) is 14.5 Å². The molecule has 0 N–H and O–H groups in total. The normalized spacial score (nSPS) is 20.5. The number of carbonyl (C=O) groups is 2. The Balaban J connectivity index is 1.94. The highest BCUT2D eigenvalue weighted by Crippen LogP contribution is 2.34. The molecule has 0 saturated carbocycles. The fraction of sp³-hybridized carbons (Fsp3) is 0.565. The van der Waals surface area contributed by atoms with Crippen LogP contribution in [0.25, 0.3) is 5.57 Å². The Hall–Kier alpha value is -2.30. The van der Waals surface area contributed by atoms with Gasteiger partial charge in [-0.15, -0.1) is 0 Å². The van der Waals surface area contributed by atoms with Gasteiger partial charge in [0.1, 0.15) is 11.4 Å². The average molecular weight is 385 g/mol. The number of ether oxygens (including phenoxy) is 1. The van der Waals surface area contributed by atoms with E-state index in [4.69, 9.17) is 4.74 Å². The number of rotatable bonds is 7. The molecule has 1 aromatic rings. The highest BCUT2D eigenvalue weighted by atomic mass is 16.5. The molecule has 1 saturated heterocycles. The number of carbonyl (C=O) groups excluding carboxylic acids is 2. The van der Waals surface area contributed by atoms with E-state index in [1.54, 1.807) is 0 Å². The topological polar surface area (TPSA) is 49.9 Å². The largest absolute Gasteiger partial charge is 0.493 e. The van der Waals surface area contributed by atoms with Crippen LogP contribution in [0.4, 0.5) is 0 Å². The molecule has 2 aliphatic heterocycles. The molecule has 0 aromatic heterocycles. The Labute approximate surface area is 168 Å². The van der Waals surface area contributed by atoms with Gasteiger partial charge in [0, 0.05) is 19.6 Å². The molecule has 5 nitrogen and oxygen atoms in total. The first-order valence-electron chi connectivity index (χ1n) is 10.5. The molecule has 0 bridgehead atoms. The third-order valence-corrected chi connectivity index (χ3v) is 5.29. The Morgan fingerprint density at radius 2 is 1.86 bits per heavy atom. The van der Waals surface area contributed by atoms with E-state index in [9.17, 15) is 9.59 Å². The lowest BCUT2D eigenvalue weighted by Gasteiger charge is -2.33. The molecule has 1 fully saturated rings. The van der Waals surface area contributed by atoms with E-state index in [0.29, 0.717) is 36.3 Å². The van der Waals surface area contributed by atoms with Crippen molar-refractivity contribution >= 4 is 17.4 Å². The van der Waals surface area contributed by atoms with E-state index in [2.05, 4.69) is 25.7 Å². The Morgan fingerprint density at radius 3 is 2.46 bits per heavy atom. The Bertz CT molecular complexity index is 752. The second-order valence-corrected chi connectivity index (χ2v) is 8.41. The van der Waals surface area contributed by atoms with Gasteiger partial charge in [0.25, 0.3) is 11.8 Å². The number of hydrogen-bond donors (Lipinski definition) is 0. The van der Waals surface area contributed by atoms with E-state index < -0.39 is 0 Å². The molecule has 3 rings (SSSR count). The van der Waals surface area contributed by atoms with Gasteiger partial charge >= 0.3 is 0 Å². The van der Waals surface area contributed by atoms with Gasteiger partial charge < -0.3 is 9.64 Å². The summed E-state index contributed by atoms with van der Waals surface area (Å²) in [6.07, 6.45) is 2.98. The van der Waals surface area contributed by atoms with E-state index in [0.717, 1.165) is 37.2 Å². The molecule has 1 aromatic carbocycles. The first-order chi connectivity index (χ1) is 13.4. The summed E-state index contributed by atoms with van der Waals surface area (Å²) >= 11 is 0. The molecule has 5 heteroatoms. The molecule has 152 valence electrons. The van der Waals surface area contributed by atoms with Crippen molar-refractivity contribution in [3.63, 3.8) is 0 Å². The van der Waals surface area contributed by atoms with Crippen molar-refractivity contribution in [1.82, 2.24) is 9.80 Å². The van der Waals surface area contributed by atoms with Gasteiger partial charge in [-0.1, -0.05) is 39.8 Å². The van der Waals surface area contributed by atoms with Crippen LogP contribution in [0.15, 0.2) is 30.0 Å². The van der Waals surface area contributed by atoms with Crippen LogP contribution < -0.4 is 4.74 Å². The van der Waals surface area contributed by atoms with Gasteiger partial charge in [-0.05, 0) is 48.8 Å². The van der Waals surface area contributed by atoms with Gasteiger partial charge in [0.2, 0.25) is 0 Å². The first kappa shape index (κ1) is 20.4. The highest BCUT2D eigenvalue weighted by Gasteiger charge is 2.41. The van der Waals surface area contributed by atoms with Crippen molar-refractivity contribution in [3.05, 3.63) is 35.5 Å². The van der Waals surface area contributed by atoms with Crippen LogP contribution in [0, 0.1) is 11.8 Å². The summed E-state index contributed by atoms with van der Waals surface area (Å²) in [6, 6.07) is 7.58. The lowest BCUT2D eigenvalue weighted by atomic mass is 9.97. The maximum absolute atomic E-state index is 13.1. The fourth-order valence-electron chi connectivity index (χ4n) is 3.92. The summed E-state index contributed by atoms with van der Waals surface area (Å²) in [4.78, 5) is 29.8. The summed E-state index contributed by atoms with van der Waals surface area (Å²) in [7, 11) is 0. The zero-order chi connectivity index (χ0) is 20.3. The van der Waals surface area contributed by atoms with E-state index in [1.165, 1.54) is 11.3 Å². The number of nitrogens with zero attached hydrogens (tertiary/aromatic N) is 2. The van der Waals surface area contributed by atoms with Crippen molar-refractivity contribution in [2.45, 2.75) is 47.0 Å². The number of amides is 2. The van der Waals surface area contributed by atoms with E-state index in [-0.39, 0.29) is 11.8 Å². The molecular formula is C23H32N2O3. The van der Waals surface area contributed by atoms with Gasteiger partial charge in [-0.25, -0.2) is 0 Å². The minimum Gasteiger partial charge on any atom is -0.493 e. The molecule has 0 spiro atoms. The maximum atomic E-state index is 13.1. The molecule has 28 heavy (non-hydrogen) atoms. The van der Waals surface area contributed by atoms with Gasteiger partial charge in [0.15, 0.2) is 0 Å². The first-order valence-corrected chi connectivity index (χ1v) is 10.5. The number of benzene rings is 1. The number of hydrogen-bond acceptors (Lipinski definition) is 4. The smallest absolute Gasteiger partial charge is 0.277 e. The molecule has 2 heterocycles. The van der Waals surface area contributed by atoms with Crippen LogP contribution in [0.3, 0.4) is 0 Å². The third kappa shape index (κ3) is 4.23. The summed E-state index contributed by atoms with van der Waals surface area (Å²) in [5.41, 5.74) is 1.92. The second-order valence-electron chi connectivity index (χ2n) is 8.41. The predicted molar refractivity (Wildman–Crippen MR) is 111 cm³/mol.